The second-order valence-corrected chi connectivity index (χ2v) is 8.69. The largest absolute Gasteiger partial charge is 0.345 e. The van der Waals surface area contributed by atoms with Crippen molar-refractivity contribution in [3.8, 4) is 0 Å². The van der Waals surface area contributed by atoms with Crippen LogP contribution >= 0.6 is 11.6 Å². The van der Waals surface area contributed by atoms with Gasteiger partial charge < -0.3 is 4.90 Å². The molecule has 6 heteroatoms. The molecule has 1 atom stereocenters. The van der Waals surface area contributed by atoms with E-state index in [9.17, 15) is 13.2 Å². The summed E-state index contributed by atoms with van der Waals surface area (Å²) in [7, 11) is -1.11. The van der Waals surface area contributed by atoms with E-state index in [0.29, 0.717) is 24.4 Å². The number of amides is 1. The van der Waals surface area contributed by atoms with Crippen molar-refractivity contribution in [3.63, 3.8) is 0 Å². The first-order valence-electron chi connectivity index (χ1n) is 7.54. The van der Waals surface area contributed by atoms with Gasteiger partial charge in [0.25, 0.3) is 0 Å². The van der Waals surface area contributed by atoms with Gasteiger partial charge in [-0.2, -0.15) is 0 Å². The Labute approximate surface area is 137 Å². The number of carbonyl (C=O) groups is 1. The van der Waals surface area contributed by atoms with Crippen molar-refractivity contribution in [3.05, 3.63) is 34.9 Å². The molecule has 1 fully saturated rings. The molecule has 1 heterocycles. The van der Waals surface area contributed by atoms with Gasteiger partial charge in [-0.1, -0.05) is 23.7 Å². The second-order valence-electron chi connectivity index (χ2n) is 6.02. The van der Waals surface area contributed by atoms with Crippen LogP contribution in [0.1, 0.15) is 24.8 Å². The molecule has 1 aliphatic heterocycles. The van der Waals surface area contributed by atoms with Gasteiger partial charge in [0.1, 0.15) is 0 Å². The summed E-state index contributed by atoms with van der Waals surface area (Å²) in [5.41, 5.74) is 1.17. The Bertz CT molecular complexity index is 613. The van der Waals surface area contributed by atoms with Gasteiger partial charge in [-0.3, -0.25) is 4.79 Å². The van der Waals surface area contributed by atoms with Crippen LogP contribution in [-0.2, 0) is 21.1 Å². The normalized spacial score (nSPS) is 20.0. The van der Waals surface area contributed by atoms with Crippen LogP contribution in [0.3, 0.4) is 0 Å². The zero-order chi connectivity index (χ0) is 16.2. The zero-order valence-corrected chi connectivity index (χ0v) is 14.4. The van der Waals surface area contributed by atoms with Crippen LogP contribution in [-0.4, -0.2) is 44.3 Å². The molecule has 1 aromatic rings. The van der Waals surface area contributed by atoms with Crippen molar-refractivity contribution >= 4 is 27.3 Å². The maximum Gasteiger partial charge on any atom is 0.222 e. The van der Waals surface area contributed by atoms with Crippen molar-refractivity contribution in [2.24, 2.45) is 5.92 Å². The summed E-state index contributed by atoms with van der Waals surface area (Å²) in [6, 6.07) is 7.65. The summed E-state index contributed by atoms with van der Waals surface area (Å²) in [6.07, 6.45) is 2.78. The van der Waals surface area contributed by atoms with Gasteiger partial charge in [0.2, 0.25) is 5.91 Å². The average molecular weight is 344 g/mol. The number of sulfone groups is 1. The number of aryl methyl sites for hydroxylation is 1. The van der Waals surface area contributed by atoms with E-state index in [-0.39, 0.29) is 23.3 Å². The van der Waals surface area contributed by atoms with Crippen LogP contribution in [0.4, 0.5) is 0 Å². The molecule has 1 aromatic carbocycles. The lowest BCUT2D eigenvalue weighted by molar-refractivity contribution is -0.130. The summed E-state index contributed by atoms with van der Waals surface area (Å²) < 4.78 is 22.9. The summed E-state index contributed by atoms with van der Waals surface area (Å²) in [4.78, 5) is 13.8. The van der Waals surface area contributed by atoms with E-state index >= 15 is 0 Å². The Morgan fingerprint density at radius 2 is 2.00 bits per heavy atom. The molecule has 0 aliphatic carbocycles. The van der Waals surface area contributed by atoms with Crippen molar-refractivity contribution in [1.29, 1.82) is 0 Å². The van der Waals surface area contributed by atoms with Crippen LogP contribution in [0.5, 0.6) is 0 Å². The number of benzene rings is 1. The van der Waals surface area contributed by atoms with Gasteiger partial charge >= 0.3 is 0 Å². The number of carbonyl (C=O) groups excluding carboxylic acids is 1. The number of halogens is 1. The minimum atomic E-state index is -2.87. The molecular formula is C16H22ClNO3S. The highest BCUT2D eigenvalue weighted by Gasteiger charge is 2.29. The molecule has 1 aliphatic rings. The lowest BCUT2D eigenvalue weighted by atomic mass is 10.1. The maximum atomic E-state index is 12.1. The molecular weight excluding hydrogens is 322 g/mol. The number of hydrogen-bond acceptors (Lipinski definition) is 3. The van der Waals surface area contributed by atoms with Crippen molar-refractivity contribution in [2.75, 3.05) is 25.1 Å². The Morgan fingerprint density at radius 1 is 1.32 bits per heavy atom. The predicted octanol–water partition coefficient (Wildman–Crippen LogP) is 2.56. The van der Waals surface area contributed by atoms with Crippen LogP contribution in [0.15, 0.2) is 24.3 Å². The van der Waals surface area contributed by atoms with Crippen molar-refractivity contribution in [1.82, 2.24) is 4.90 Å². The first-order valence-corrected chi connectivity index (χ1v) is 9.74. The number of rotatable bonds is 6. The minimum Gasteiger partial charge on any atom is -0.345 e. The maximum absolute atomic E-state index is 12.1. The van der Waals surface area contributed by atoms with E-state index in [1.54, 1.807) is 11.9 Å². The van der Waals surface area contributed by atoms with Crippen LogP contribution in [0.25, 0.3) is 0 Å². The molecule has 122 valence electrons. The van der Waals surface area contributed by atoms with Gasteiger partial charge in [0.05, 0.1) is 11.5 Å². The third kappa shape index (κ3) is 5.29. The van der Waals surface area contributed by atoms with Gasteiger partial charge in [0.15, 0.2) is 9.84 Å². The van der Waals surface area contributed by atoms with E-state index < -0.39 is 9.84 Å². The first kappa shape index (κ1) is 17.3. The lowest BCUT2D eigenvalue weighted by Crippen LogP contribution is -2.32. The fraction of sp³-hybridized carbons (Fsp3) is 0.562. The lowest BCUT2D eigenvalue weighted by Gasteiger charge is -2.20. The van der Waals surface area contributed by atoms with E-state index in [1.165, 1.54) is 5.56 Å². The van der Waals surface area contributed by atoms with Gasteiger partial charge in [-0.25, -0.2) is 8.42 Å². The topological polar surface area (TPSA) is 54.5 Å². The quantitative estimate of drug-likeness (QED) is 0.797. The first-order chi connectivity index (χ1) is 10.4. The highest BCUT2D eigenvalue weighted by Crippen LogP contribution is 2.19. The van der Waals surface area contributed by atoms with E-state index in [2.05, 4.69) is 0 Å². The van der Waals surface area contributed by atoms with Crippen LogP contribution < -0.4 is 0 Å². The minimum absolute atomic E-state index is 0.0817. The monoisotopic (exact) mass is 343 g/mol. The van der Waals surface area contributed by atoms with E-state index in [1.807, 2.05) is 24.3 Å². The average Bonchev–Trinajstić information content (AvgIpc) is 2.80. The van der Waals surface area contributed by atoms with E-state index in [4.69, 9.17) is 11.6 Å². The smallest absolute Gasteiger partial charge is 0.222 e. The molecule has 4 nitrogen and oxygen atoms in total. The second kappa shape index (κ2) is 7.47. The predicted molar refractivity (Wildman–Crippen MR) is 88.8 cm³/mol. The summed E-state index contributed by atoms with van der Waals surface area (Å²) >= 11 is 5.84. The molecule has 0 N–H and O–H groups in total. The Hall–Kier alpha value is -1.07. The number of nitrogens with zero attached hydrogens (tertiary/aromatic N) is 1. The zero-order valence-electron chi connectivity index (χ0n) is 12.8. The summed E-state index contributed by atoms with van der Waals surface area (Å²) in [5.74, 6) is 0.652. The molecule has 1 saturated heterocycles. The fourth-order valence-electron chi connectivity index (χ4n) is 2.79. The number of hydrogen-bond donors (Lipinski definition) is 0. The Kier molecular flexibility index (Phi) is 5.87. The summed E-state index contributed by atoms with van der Waals surface area (Å²) in [5, 5.41) is 0.714. The third-order valence-electron chi connectivity index (χ3n) is 4.05. The summed E-state index contributed by atoms with van der Waals surface area (Å²) in [6.45, 7) is 0.541. The van der Waals surface area contributed by atoms with E-state index in [0.717, 1.165) is 12.8 Å². The molecule has 0 unspecified atom stereocenters. The van der Waals surface area contributed by atoms with Crippen LogP contribution in [0, 0.1) is 5.92 Å². The molecule has 1 amide bonds. The standard InChI is InChI=1S/C16H22ClNO3S/c1-18(11-14-9-10-22(20,21)12-14)16(19)4-2-3-13-5-7-15(17)8-6-13/h5-8,14H,2-4,9-12H2,1H3/t14-/m0/s1. The molecule has 2 rings (SSSR count). The molecule has 22 heavy (non-hydrogen) atoms. The SMILES string of the molecule is CN(C[C@@H]1CCS(=O)(=O)C1)C(=O)CCCc1ccc(Cl)cc1. The fourth-order valence-corrected chi connectivity index (χ4v) is 4.77. The molecule has 0 bridgehead atoms. The van der Waals surface area contributed by atoms with Crippen molar-refractivity contribution in [2.45, 2.75) is 25.7 Å². The Balaban J connectivity index is 1.71. The van der Waals surface area contributed by atoms with Crippen LogP contribution in [0.2, 0.25) is 5.02 Å². The van der Waals surface area contributed by atoms with Gasteiger partial charge in [-0.05, 0) is 42.9 Å². The third-order valence-corrected chi connectivity index (χ3v) is 6.14. The molecule has 0 spiro atoms. The highest BCUT2D eigenvalue weighted by atomic mass is 35.5. The molecule has 0 saturated carbocycles. The highest BCUT2D eigenvalue weighted by molar-refractivity contribution is 7.91. The molecule has 0 radical (unpaired) electrons. The molecule has 0 aromatic heterocycles. The Morgan fingerprint density at radius 3 is 2.59 bits per heavy atom. The van der Waals surface area contributed by atoms with Crippen molar-refractivity contribution < 1.29 is 13.2 Å². The van der Waals surface area contributed by atoms with Gasteiger partial charge in [0, 0.05) is 25.0 Å². The van der Waals surface area contributed by atoms with Gasteiger partial charge in [-0.15, -0.1) is 0 Å².